The Morgan fingerprint density at radius 2 is 1.47 bits per heavy atom. The molecule has 0 saturated carbocycles. The van der Waals surface area contributed by atoms with Crippen LogP contribution in [0, 0.1) is 0 Å². The van der Waals surface area contributed by atoms with Crippen LogP contribution in [0.15, 0.2) is 65.7 Å². The van der Waals surface area contributed by atoms with Crippen molar-refractivity contribution >= 4 is 6.21 Å². The predicted octanol–water partition coefficient (Wildman–Crippen LogP) is 4.61. The quantitative estimate of drug-likeness (QED) is 0.711. The van der Waals surface area contributed by atoms with Crippen molar-refractivity contribution in [1.82, 2.24) is 0 Å². The second-order valence-electron chi connectivity index (χ2n) is 4.35. The van der Waals surface area contributed by atoms with E-state index in [9.17, 15) is 8.78 Å². The first-order valence-corrected chi connectivity index (χ1v) is 6.12. The first-order chi connectivity index (χ1) is 9.09. The van der Waals surface area contributed by atoms with Crippen molar-refractivity contribution in [3.05, 3.63) is 71.8 Å². The highest BCUT2D eigenvalue weighted by molar-refractivity contribution is 5.69. The Balaban J connectivity index is 2.14. The molecule has 0 spiro atoms. The number of hydrogen-bond donors (Lipinski definition) is 0. The number of aliphatic imine (C=N–C) groups is 1. The molecule has 0 N–H and O–H groups in total. The molecule has 1 nitrogen and oxygen atoms in total. The van der Waals surface area contributed by atoms with Gasteiger partial charge >= 0.3 is 5.92 Å². The van der Waals surface area contributed by atoms with Crippen LogP contribution in [-0.2, 0) is 5.92 Å². The lowest BCUT2D eigenvalue weighted by atomic mass is 10.1. The van der Waals surface area contributed by atoms with Crippen molar-refractivity contribution in [2.75, 3.05) is 0 Å². The average molecular weight is 259 g/mol. The summed E-state index contributed by atoms with van der Waals surface area (Å²) in [7, 11) is 0. The van der Waals surface area contributed by atoms with Gasteiger partial charge in [0.05, 0.1) is 12.3 Å². The van der Waals surface area contributed by atoms with Gasteiger partial charge in [-0.25, -0.2) is 0 Å². The molecule has 0 aliphatic carbocycles. The van der Waals surface area contributed by atoms with Gasteiger partial charge in [0.1, 0.15) is 0 Å². The third-order valence-corrected chi connectivity index (χ3v) is 2.90. The zero-order chi connectivity index (χ0) is 13.7. The summed E-state index contributed by atoms with van der Waals surface area (Å²) in [5, 5.41) is 0. The van der Waals surface area contributed by atoms with E-state index >= 15 is 0 Å². The van der Waals surface area contributed by atoms with Crippen molar-refractivity contribution in [2.24, 2.45) is 4.99 Å². The van der Waals surface area contributed by atoms with Gasteiger partial charge in [-0.05, 0) is 12.5 Å². The van der Waals surface area contributed by atoms with Crippen molar-refractivity contribution in [3.8, 4) is 0 Å². The molecule has 2 rings (SSSR count). The number of alkyl halides is 2. The standard InChI is InChI=1S/C16H15F2N/c1-13(14-8-4-2-5-9-14)19-12-16(17,18)15-10-6-3-7-11-15/h2-13H,1H3. The third-order valence-electron chi connectivity index (χ3n) is 2.90. The molecule has 0 saturated heterocycles. The van der Waals surface area contributed by atoms with Gasteiger partial charge in [-0.3, -0.25) is 4.99 Å². The van der Waals surface area contributed by atoms with Crippen LogP contribution in [0.2, 0.25) is 0 Å². The monoisotopic (exact) mass is 259 g/mol. The van der Waals surface area contributed by atoms with E-state index in [-0.39, 0.29) is 11.6 Å². The summed E-state index contributed by atoms with van der Waals surface area (Å²) in [6.07, 6.45) is 0.736. The van der Waals surface area contributed by atoms with Crippen LogP contribution in [0.5, 0.6) is 0 Å². The minimum atomic E-state index is -3.04. The minimum Gasteiger partial charge on any atom is -0.283 e. The number of rotatable bonds is 4. The fraction of sp³-hybridized carbons (Fsp3) is 0.188. The Hall–Kier alpha value is -2.03. The molecular formula is C16H15F2N. The van der Waals surface area contributed by atoms with E-state index in [2.05, 4.69) is 4.99 Å². The van der Waals surface area contributed by atoms with E-state index in [4.69, 9.17) is 0 Å². The Morgan fingerprint density at radius 3 is 2.05 bits per heavy atom. The fourth-order valence-electron chi connectivity index (χ4n) is 1.76. The van der Waals surface area contributed by atoms with Crippen molar-refractivity contribution in [2.45, 2.75) is 18.9 Å². The van der Waals surface area contributed by atoms with E-state index in [1.807, 2.05) is 30.3 Å². The molecular weight excluding hydrogens is 244 g/mol. The van der Waals surface area contributed by atoms with Crippen LogP contribution in [-0.4, -0.2) is 6.21 Å². The van der Waals surface area contributed by atoms with Crippen LogP contribution in [0.1, 0.15) is 24.1 Å². The van der Waals surface area contributed by atoms with Crippen molar-refractivity contribution in [3.63, 3.8) is 0 Å². The third kappa shape index (κ3) is 3.47. The second-order valence-corrected chi connectivity index (χ2v) is 4.35. The molecule has 1 unspecified atom stereocenters. The highest BCUT2D eigenvalue weighted by Crippen LogP contribution is 2.27. The van der Waals surface area contributed by atoms with E-state index in [0.29, 0.717) is 0 Å². The SMILES string of the molecule is CC(N=CC(F)(F)c1ccccc1)c1ccccc1. The minimum absolute atomic E-state index is 0.0426. The molecule has 0 radical (unpaired) electrons. The van der Waals surface area contributed by atoms with Gasteiger partial charge in [-0.2, -0.15) is 8.78 Å². The largest absolute Gasteiger partial charge is 0.307 e. The first kappa shape index (κ1) is 13.4. The van der Waals surface area contributed by atoms with Gasteiger partial charge in [0.15, 0.2) is 0 Å². The molecule has 0 heterocycles. The highest BCUT2D eigenvalue weighted by atomic mass is 19.3. The smallest absolute Gasteiger partial charge is 0.283 e. The van der Waals surface area contributed by atoms with Gasteiger partial charge in [0.2, 0.25) is 0 Å². The molecule has 19 heavy (non-hydrogen) atoms. The molecule has 0 aromatic heterocycles. The lowest BCUT2D eigenvalue weighted by Gasteiger charge is -2.13. The van der Waals surface area contributed by atoms with E-state index in [1.54, 1.807) is 25.1 Å². The van der Waals surface area contributed by atoms with Crippen LogP contribution >= 0.6 is 0 Å². The van der Waals surface area contributed by atoms with Crippen LogP contribution in [0.3, 0.4) is 0 Å². The van der Waals surface area contributed by atoms with Gasteiger partial charge in [0.25, 0.3) is 0 Å². The van der Waals surface area contributed by atoms with Gasteiger partial charge in [-0.1, -0.05) is 60.7 Å². The molecule has 2 aromatic rings. The summed E-state index contributed by atoms with van der Waals surface area (Å²) in [6.45, 7) is 1.80. The number of halogens is 2. The fourth-order valence-corrected chi connectivity index (χ4v) is 1.76. The Kier molecular flexibility index (Phi) is 4.05. The molecule has 0 fully saturated rings. The Labute approximate surface area is 111 Å². The molecule has 0 aliphatic rings. The lowest BCUT2D eigenvalue weighted by Crippen LogP contribution is -2.15. The molecule has 0 amide bonds. The van der Waals surface area contributed by atoms with Crippen molar-refractivity contribution < 1.29 is 8.78 Å². The second kappa shape index (κ2) is 5.74. The molecule has 1 atom stereocenters. The van der Waals surface area contributed by atoms with Crippen LogP contribution < -0.4 is 0 Å². The van der Waals surface area contributed by atoms with Crippen LogP contribution in [0.25, 0.3) is 0 Å². The van der Waals surface area contributed by atoms with Gasteiger partial charge < -0.3 is 0 Å². The normalized spacial score (nSPS) is 13.6. The first-order valence-electron chi connectivity index (χ1n) is 6.12. The molecule has 2 aromatic carbocycles. The maximum atomic E-state index is 13.9. The average Bonchev–Trinajstić information content (AvgIpc) is 2.47. The van der Waals surface area contributed by atoms with Gasteiger partial charge in [0, 0.05) is 5.56 Å². The summed E-state index contributed by atoms with van der Waals surface area (Å²) in [6, 6.07) is 16.8. The summed E-state index contributed by atoms with van der Waals surface area (Å²) in [4.78, 5) is 3.97. The highest BCUT2D eigenvalue weighted by Gasteiger charge is 2.28. The van der Waals surface area contributed by atoms with Crippen LogP contribution in [0.4, 0.5) is 8.78 Å². The van der Waals surface area contributed by atoms with E-state index in [0.717, 1.165) is 11.8 Å². The topological polar surface area (TPSA) is 12.4 Å². The summed E-state index contributed by atoms with van der Waals surface area (Å²) < 4.78 is 27.8. The lowest BCUT2D eigenvalue weighted by molar-refractivity contribution is 0.0815. The number of hydrogen-bond acceptors (Lipinski definition) is 1. The zero-order valence-electron chi connectivity index (χ0n) is 10.6. The van der Waals surface area contributed by atoms with E-state index in [1.165, 1.54) is 12.1 Å². The number of nitrogens with zero attached hydrogens (tertiary/aromatic N) is 1. The Bertz CT molecular complexity index is 535. The molecule has 0 aliphatic heterocycles. The summed E-state index contributed by atoms with van der Waals surface area (Å²) in [5.41, 5.74) is 0.877. The molecule has 3 heteroatoms. The predicted molar refractivity (Wildman–Crippen MR) is 73.7 cm³/mol. The summed E-state index contributed by atoms with van der Waals surface area (Å²) >= 11 is 0. The maximum Gasteiger partial charge on any atom is 0.307 e. The number of benzene rings is 2. The zero-order valence-corrected chi connectivity index (χ0v) is 10.6. The van der Waals surface area contributed by atoms with Crippen molar-refractivity contribution in [1.29, 1.82) is 0 Å². The molecule has 0 bridgehead atoms. The molecule has 98 valence electrons. The Morgan fingerprint density at radius 1 is 0.947 bits per heavy atom. The summed E-state index contributed by atoms with van der Waals surface area (Å²) in [5.74, 6) is -3.04. The van der Waals surface area contributed by atoms with Gasteiger partial charge in [-0.15, -0.1) is 0 Å². The maximum absolute atomic E-state index is 13.9. The van der Waals surface area contributed by atoms with E-state index < -0.39 is 5.92 Å².